The molecule has 0 atom stereocenters. The van der Waals surface area contributed by atoms with Gasteiger partial charge in [0.05, 0.1) is 12.1 Å². The quantitative estimate of drug-likeness (QED) is 0.663. The summed E-state index contributed by atoms with van der Waals surface area (Å²) in [7, 11) is 0. The van der Waals surface area contributed by atoms with Crippen LogP contribution in [0.2, 0.25) is 5.15 Å². The number of thiophene rings is 1. The van der Waals surface area contributed by atoms with Crippen LogP contribution in [0.25, 0.3) is 11.4 Å². The van der Waals surface area contributed by atoms with Crippen molar-refractivity contribution >= 4 is 33.8 Å². The summed E-state index contributed by atoms with van der Waals surface area (Å²) in [6.07, 6.45) is 1.53. The number of nitrogens with zero attached hydrogens (tertiary/aromatic N) is 4. The maximum atomic E-state index is 9.35. The van der Waals surface area contributed by atoms with Crippen LogP contribution in [0.15, 0.2) is 30.3 Å². The standard InChI is InChI=1S/C20H18ClN5S/c1-2-13-17(21)24-19(12-6-4-3-5-7-12)25-20(13)26-9-8-14-15(10-22)18(23)27-16(14)11-26/h3-7H,2,8-9,11,23H2,1H3. The molecule has 7 heteroatoms. The van der Waals surface area contributed by atoms with Gasteiger partial charge in [-0.2, -0.15) is 5.26 Å². The minimum atomic E-state index is 0.496. The number of benzene rings is 1. The fourth-order valence-electron chi connectivity index (χ4n) is 3.46. The molecule has 2 N–H and O–H groups in total. The summed E-state index contributed by atoms with van der Waals surface area (Å²) in [6, 6.07) is 12.1. The Morgan fingerprint density at radius 3 is 2.78 bits per heavy atom. The van der Waals surface area contributed by atoms with E-state index in [1.165, 1.54) is 11.3 Å². The van der Waals surface area contributed by atoms with E-state index in [1.807, 2.05) is 30.3 Å². The van der Waals surface area contributed by atoms with Gasteiger partial charge in [-0.1, -0.05) is 48.9 Å². The molecule has 0 aliphatic carbocycles. The smallest absolute Gasteiger partial charge is 0.163 e. The fraction of sp³-hybridized carbons (Fsp3) is 0.250. The van der Waals surface area contributed by atoms with Crippen molar-refractivity contribution in [1.29, 1.82) is 5.26 Å². The lowest BCUT2D eigenvalue weighted by Gasteiger charge is -2.30. The number of rotatable bonds is 3. The van der Waals surface area contributed by atoms with Crippen LogP contribution in [-0.4, -0.2) is 16.5 Å². The lowest BCUT2D eigenvalue weighted by molar-refractivity contribution is 0.725. The first-order valence-electron chi connectivity index (χ1n) is 8.79. The second-order valence-electron chi connectivity index (χ2n) is 6.39. The van der Waals surface area contributed by atoms with Crippen LogP contribution in [0, 0.1) is 11.3 Å². The van der Waals surface area contributed by atoms with Crippen molar-refractivity contribution in [2.24, 2.45) is 0 Å². The van der Waals surface area contributed by atoms with Gasteiger partial charge in [0.1, 0.15) is 22.0 Å². The first kappa shape index (κ1) is 17.8. The lowest BCUT2D eigenvalue weighted by Crippen LogP contribution is -2.31. The van der Waals surface area contributed by atoms with E-state index < -0.39 is 0 Å². The molecule has 1 aromatic carbocycles. The van der Waals surface area contributed by atoms with Crippen molar-refractivity contribution < 1.29 is 0 Å². The Bertz CT molecular complexity index is 1040. The van der Waals surface area contributed by atoms with E-state index in [9.17, 15) is 5.26 Å². The molecule has 0 bridgehead atoms. The molecule has 0 saturated carbocycles. The van der Waals surface area contributed by atoms with E-state index in [0.29, 0.717) is 28.1 Å². The van der Waals surface area contributed by atoms with Gasteiger partial charge in [-0.3, -0.25) is 0 Å². The number of halogens is 1. The second kappa shape index (κ2) is 7.18. The third-order valence-electron chi connectivity index (χ3n) is 4.82. The number of anilines is 2. The van der Waals surface area contributed by atoms with Crippen LogP contribution in [0.5, 0.6) is 0 Å². The number of hydrogen-bond acceptors (Lipinski definition) is 6. The molecule has 1 aliphatic heterocycles. The Balaban J connectivity index is 1.77. The van der Waals surface area contributed by atoms with Crippen molar-refractivity contribution in [3.63, 3.8) is 0 Å². The van der Waals surface area contributed by atoms with E-state index in [-0.39, 0.29) is 0 Å². The van der Waals surface area contributed by atoms with Crippen LogP contribution < -0.4 is 10.6 Å². The number of fused-ring (bicyclic) bond motifs is 1. The molecule has 0 radical (unpaired) electrons. The van der Waals surface area contributed by atoms with E-state index in [1.54, 1.807) is 0 Å². The van der Waals surface area contributed by atoms with Crippen molar-refractivity contribution in [1.82, 2.24) is 9.97 Å². The van der Waals surface area contributed by atoms with Crippen molar-refractivity contribution in [3.05, 3.63) is 57.1 Å². The predicted molar refractivity (Wildman–Crippen MR) is 110 cm³/mol. The lowest BCUT2D eigenvalue weighted by atomic mass is 10.0. The number of nitrogens with two attached hydrogens (primary N) is 1. The SMILES string of the molecule is CCc1c(Cl)nc(-c2ccccc2)nc1N1CCc2c(sc(N)c2C#N)C1. The molecule has 1 aliphatic rings. The normalized spacial score (nSPS) is 13.3. The molecule has 3 aromatic rings. The number of aromatic nitrogens is 2. The predicted octanol–water partition coefficient (Wildman–Crippen LogP) is 4.44. The van der Waals surface area contributed by atoms with Crippen molar-refractivity contribution in [2.75, 3.05) is 17.2 Å². The van der Waals surface area contributed by atoms with Crippen LogP contribution >= 0.6 is 22.9 Å². The molecule has 0 saturated heterocycles. The van der Waals surface area contributed by atoms with Crippen molar-refractivity contribution in [3.8, 4) is 17.5 Å². The van der Waals surface area contributed by atoms with Gasteiger partial charge in [0, 0.05) is 22.5 Å². The van der Waals surface area contributed by atoms with E-state index in [2.05, 4.69) is 22.9 Å². The van der Waals surface area contributed by atoms with Gasteiger partial charge in [-0.25, -0.2) is 9.97 Å². The summed E-state index contributed by atoms with van der Waals surface area (Å²) in [5.74, 6) is 1.49. The van der Waals surface area contributed by atoms with Crippen LogP contribution in [0.4, 0.5) is 10.8 Å². The third-order valence-corrected chi connectivity index (χ3v) is 6.17. The molecule has 27 heavy (non-hydrogen) atoms. The van der Waals surface area contributed by atoms with Gasteiger partial charge in [0.15, 0.2) is 5.82 Å². The molecule has 136 valence electrons. The highest BCUT2D eigenvalue weighted by molar-refractivity contribution is 7.16. The van der Waals surface area contributed by atoms with Crippen LogP contribution in [0.1, 0.15) is 28.5 Å². The third kappa shape index (κ3) is 3.14. The zero-order valence-electron chi connectivity index (χ0n) is 14.9. The summed E-state index contributed by atoms with van der Waals surface area (Å²) in [6.45, 7) is 3.51. The molecule has 0 amide bonds. The Morgan fingerprint density at radius 1 is 1.30 bits per heavy atom. The van der Waals surface area contributed by atoms with Gasteiger partial charge < -0.3 is 10.6 Å². The maximum Gasteiger partial charge on any atom is 0.163 e. The van der Waals surface area contributed by atoms with Gasteiger partial charge >= 0.3 is 0 Å². The highest BCUT2D eigenvalue weighted by Gasteiger charge is 2.26. The Morgan fingerprint density at radius 2 is 2.07 bits per heavy atom. The molecule has 2 aromatic heterocycles. The topological polar surface area (TPSA) is 78.8 Å². The van der Waals surface area contributed by atoms with Gasteiger partial charge in [-0.15, -0.1) is 11.3 Å². The Labute approximate surface area is 167 Å². The largest absolute Gasteiger partial charge is 0.389 e. The van der Waals surface area contributed by atoms with E-state index in [4.69, 9.17) is 22.3 Å². The zero-order chi connectivity index (χ0) is 19.0. The van der Waals surface area contributed by atoms with E-state index >= 15 is 0 Å². The average molecular weight is 396 g/mol. The molecule has 4 rings (SSSR count). The Kier molecular flexibility index (Phi) is 4.73. The molecular weight excluding hydrogens is 378 g/mol. The Hall–Kier alpha value is -2.62. The highest BCUT2D eigenvalue weighted by atomic mass is 35.5. The second-order valence-corrected chi connectivity index (χ2v) is 7.88. The van der Waals surface area contributed by atoms with Crippen LogP contribution in [0.3, 0.4) is 0 Å². The summed E-state index contributed by atoms with van der Waals surface area (Å²) in [4.78, 5) is 12.7. The molecule has 0 unspecified atom stereocenters. The maximum absolute atomic E-state index is 9.35. The first-order chi connectivity index (χ1) is 13.1. The minimum absolute atomic E-state index is 0.496. The van der Waals surface area contributed by atoms with Gasteiger partial charge in [0.25, 0.3) is 0 Å². The average Bonchev–Trinajstić information content (AvgIpc) is 3.02. The number of nitriles is 1. The van der Waals surface area contributed by atoms with Crippen molar-refractivity contribution in [2.45, 2.75) is 26.3 Å². The monoisotopic (exact) mass is 395 g/mol. The number of nitrogen functional groups attached to an aromatic ring is 1. The highest BCUT2D eigenvalue weighted by Crippen LogP contribution is 2.37. The summed E-state index contributed by atoms with van der Waals surface area (Å²) >= 11 is 8.01. The molecule has 5 nitrogen and oxygen atoms in total. The first-order valence-corrected chi connectivity index (χ1v) is 9.98. The number of hydrogen-bond donors (Lipinski definition) is 1. The molecule has 0 spiro atoms. The fourth-order valence-corrected chi connectivity index (χ4v) is 4.84. The van der Waals surface area contributed by atoms with Gasteiger partial charge in [-0.05, 0) is 18.4 Å². The van der Waals surface area contributed by atoms with Gasteiger partial charge in [0.2, 0.25) is 0 Å². The zero-order valence-corrected chi connectivity index (χ0v) is 16.4. The van der Waals surface area contributed by atoms with Crippen LogP contribution in [-0.2, 0) is 19.4 Å². The summed E-state index contributed by atoms with van der Waals surface area (Å²) in [5, 5.41) is 10.5. The molecular formula is C20H18ClN5S. The molecule has 3 heterocycles. The van der Waals surface area contributed by atoms with E-state index in [0.717, 1.165) is 46.8 Å². The molecule has 0 fully saturated rings. The summed E-state index contributed by atoms with van der Waals surface area (Å²) < 4.78 is 0. The summed E-state index contributed by atoms with van der Waals surface area (Å²) in [5.41, 5.74) is 9.63. The minimum Gasteiger partial charge on any atom is -0.389 e.